The van der Waals surface area contributed by atoms with Gasteiger partial charge in [0.15, 0.2) is 11.5 Å². The van der Waals surface area contributed by atoms with Crippen LogP contribution < -0.4 is 29.4 Å². The first kappa shape index (κ1) is 32.2. The molecule has 21 heteroatoms. The van der Waals surface area contributed by atoms with Crippen molar-refractivity contribution in [3.63, 3.8) is 0 Å². The van der Waals surface area contributed by atoms with Gasteiger partial charge in [0.2, 0.25) is 17.2 Å². The Morgan fingerprint density at radius 1 is 0.432 bits per heavy atom. The highest BCUT2D eigenvalue weighted by Crippen LogP contribution is 2.61. The summed E-state index contributed by atoms with van der Waals surface area (Å²) < 4.78 is 210. The molecule has 0 fully saturated rings. The Hall–Kier alpha value is -2.87. The first-order valence-electron chi connectivity index (χ1n) is 8.79. The molecule has 216 valence electrons. The number of rotatable bonds is 6. The van der Waals surface area contributed by atoms with Crippen LogP contribution in [0, 0.1) is 5.41 Å². The molecule has 1 atom stereocenters. The Labute approximate surface area is 194 Å². The summed E-state index contributed by atoms with van der Waals surface area (Å²) in [5.41, 5.74) is 1.58. The Morgan fingerprint density at radius 2 is 0.622 bits per heavy atom. The maximum atomic E-state index is 13.1. The molecule has 2 N–H and O–H groups in total. The topological polar surface area (TPSA) is 72.2 Å². The summed E-state index contributed by atoms with van der Waals surface area (Å²) in [5, 5.41) is 0. The van der Waals surface area contributed by atoms with Crippen LogP contribution in [-0.4, -0.2) is 31.8 Å². The largest absolute Gasteiger partial charge is 0.573 e. The molecule has 1 aromatic carbocycles. The Bertz CT molecular complexity index is 898. The summed E-state index contributed by atoms with van der Waals surface area (Å²) >= 11 is 0. The van der Waals surface area contributed by atoms with E-state index in [9.17, 15) is 65.9 Å². The highest BCUT2D eigenvalue weighted by atomic mass is 19.4. The first-order chi connectivity index (χ1) is 16.0. The van der Waals surface area contributed by atoms with Gasteiger partial charge in [-0.1, -0.05) is 20.8 Å². The number of nitrogens with two attached hydrogens (primary N) is 1. The zero-order valence-corrected chi connectivity index (χ0v) is 17.9. The molecule has 37 heavy (non-hydrogen) atoms. The molecule has 0 aliphatic heterocycles. The average molecular weight is 583 g/mol. The molecule has 6 nitrogen and oxygen atoms in total. The van der Waals surface area contributed by atoms with E-state index in [1.54, 1.807) is 0 Å². The van der Waals surface area contributed by atoms with Gasteiger partial charge in [-0.15, -0.1) is 65.9 Å². The lowest BCUT2D eigenvalue weighted by molar-refractivity contribution is -0.300. The van der Waals surface area contributed by atoms with Gasteiger partial charge in [0.1, 0.15) is 0 Å². The highest BCUT2D eigenvalue weighted by Gasteiger charge is 2.50. The maximum Gasteiger partial charge on any atom is 0.573 e. The van der Waals surface area contributed by atoms with Crippen LogP contribution in [0.3, 0.4) is 0 Å². The molecule has 1 rings (SSSR count). The molecular weight excluding hydrogens is 571 g/mol. The van der Waals surface area contributed by atoms with E-state index in [0.29, 0.717) is 0 Å². The predicted molar refractivity (Wildman–Crippen MR) is 86.2 cm³/mol. The van der Waals surface area contributed by atoms with E-state index >= 15 is 0 Å². The number of halogens is 15. The normalized spacial score (nSPS) is 14.8. The summed E-state index contributed by atoms with van der Waals surface area (Å²) in [6.45, 7) is 2.75. The van der Waals surface area contributed by atoms with E-state index in [-0.39, 0.29) is 0 Å². The van der Waals surface area contributed by atoms with E-state index in [4.69, 9.17) is 5.73 Å². The van der Waals surface area contributed by atoms with Crippen molar-refractivity contribution >= 4 is 0 Å². The van der Waals surface area contributed by atoms with E-state index < -0.39 is 77.6 Å². The van der Waals surface area contributed by atoms with Crippen molar-refractivity contribution in [3.05, 3.63) is 5.56 Å². The van der Waals surface area contributed by atoms with Crippen molar-refractivity contribution in [1.29, 1.82) is 0 Å². The number of hydrogen-bond donors (Lipinski definition) is 1. The van der Waals surface area contributed by atoms with E-state index in [2.05, 4.69) is 23.7 Å². The van der Waals surface area contributed by atoms with Gasteiger partial charge in [-0.05, 0) is 5.41 Å². The maximum absolute atomic E-state index is 13.1. The Morgan fingerprint density at radius 3 is 0.811 bits per heavy atom. The van der Waals surface area contributed by atoms with Crippen molar-refractivity contribution in [2.45, 2.75) is 58.6 Å². The van der Waals surface area contributed by atoms with Gasteiger partial charge in [-0.3, -0.25) is 0 Å². The van der Waals surface area contributed by atoms with E-state index in [1.165, 1.54) is 0 Å². The smallest absolute Gasteiger partial charge is 0.401 e. The average Bonchev–Trinajstić information content (AvgIpc) is 2.54. The lowest BCUT2D eigenvalue weighted by atomic mass is 9.82. The molecule has 0 heterocycles. The number of ether oxygens (including phenoxy) is 5. The van der Waals surface area contributed by atoms with Gasteiger partial charge < -0.3 is 29.4 Å². The SMILES string of the molecule is CC(C)(C)C(N)c1c(OC(F)(F)F)c(OC(F)(F)F)c(OC(F)(F)F)c(OC(F)(F)F)c1OC(F)(F)F. The van der Waals surface area contributed by atoms with Crippen molar-refractivity contribution < 1.29 is 89.5 Å². The second kappa shape index (κ2) is 9.78. The fraction of sp³-hybridized carbons (Fsp3) is 0.625. The molecule has 0 bridgehead atoms. The zero-order valence-electron chi connectivity index (χ0n) is 17.9. The monoisotopic (exact) mass is 583 g/mol. The van der Waals surface area contributed by atoms with Gasteiger partial charge in [0, 0.05) is 6.04 Å². The van der Waals surface area contributed by atoms with Crippen LogP contribution in [-0.2, 0) is 0 Å². The second-order valence-corrected chi connectivity index (χ2v) is 7.64. The van der Waals surface area contributed by atoms with Crippen molar-refractivity contribution in [1.82, 2.24) is 0 Å². The first-order valence-corrected chi connectivity index (χ1v) is 8.79. The summed E-state index contributed by atoms with van der Waals surface area (Å²) in [7, 11) is 0. The fourth-order valence-electron chi connectivity index (χ4n) is 2.43. The van der Waals surface area contributed by atoms with Crippen LogP contribution in [0.2, 0.25) is 0 Å². The van der Waals surface area contributed by atoms with Crippen LogP contribution in [0.1, 0.15) is 32.4 Å². The van der Waals surface area contributed by atoms with Crippen molar-refractivity contribution in [3.8, 4) is 28.7 Å². The quantitative estimate of drug-likeness (QED) is 0.357. The van der Waals surface area contributed by atoms with Crippen LogP contribution >= 0.6 is 0 Å². The zero-order chi connectivity index (χ0) is 29.6. The molecule has 0 spiro atoms. The van der Waals surface area contributed by atoms with Crippen LogP contribution in [0.15, 0.2) is 0 Å². The summed E-state index contributed by atoms with van der Waals surface area (Å²) in [6.07, 6.45) is -31.3. The molecular formula is C16H12F15NO5. The minimum atomic E-state index is -6.36. The lowest BCUT2D eigenvalue weighted by Gasteiger charge is -2.33. The molecule has 0 aliphatic rings. The molecule has 0 aliphatic carbocycles. The van der Waals surface area contributed by atoms with Crippen LogP contribution in [0.5, 0.6) is 28.7 Å². The van der Waals surface area contributed by atoms with Crippen molar-refractivity contribution in [2.75, 3.05) is 0 Å². The number of hydrogen-bond acceptors (Lipinski definition) is 6. The third kappa shape index (κ3) is 10.2. The molecule has 0 radical (unpaired) electrons. The minimum absolute atomic E-state index is 0.918. The standard InChI is InChI=1S/C16H12F15NO5/c1-11(2,3)10(32)4-5(33-12(17,18)19)7(35-14(23,24)25)9(37-16(29,30)31)8(36-15(26,27)28)6(4)34-13(20,21)22/h10H,32H2,1-3H3. The lowest BCUT2D eigenvalue weighted by Crippen LogP contribution is -2.32. The van der Waals surface area contributed by atoms with Gasteiger partial charge in [-0.2, -0.15) is 0 Å². The van der Waals surface area contributed by atoms with Gasteiger partial charge >= 0.3 is 31.8 Å². The molecule has 1 unspecified atom stereocenters. The van der Waals surface area contributed by atoms with E-state index in [0.717, 1.165) is 20.8 Å². The van der Waals surface area contributed by atoms with Crippen molar-refractivity contribution in [2.24, 2.45) is 11.1 Å². The van der Waals surface area contributed by atoms with Gasteiger partial charge in [-0.25, -0.2) is 0 Å². The number of alkyl halides is 15. The van der Waals surface area contributed by atoms with Gasteiger partial charge in [0.25, 0.3) is 0 Å². The highest BCUT2D eigenvalue weighted by molar-refractivity contribution is 5.71. The predicted octanol–water partition coefficient (Wildman–Crippen LogP) is 7.23. The Kier molecular flexibility index (Phi) is 8.50. The summed E-state index contributed by atoms with van der Waals surface area (Å²) in [5.74, 6) is -14.4. The minimum Gasteiger partial charge on any atom is -0.401 e. The molecule has 0 saturated carbocycles. The molecule has 0 amide bonds. The molecule has 1 aromatic rings. The van der Waals surface area contributed by atoms with Crippen LogP contribution in [0.25, 0.3) is 0 Å². The third-order valence-electron chi connectivity index (χ3n) is 3.65. The molecule has 0 aromatic heterocycles. The second-order valence-electron chi connectivity index (χ2n) is 7.64. The Balaban J connectivity index is 4.57. The third-order valence-corrected chi connectivity index (χ3v) is 3.65. The summed E-state index contributed by atoms with van der Waals surface area (Å²) in [4.78, 5) is 0. The van der Waals surface area contributed by atoms with Crippen LogP contribution in [0.4, 0.5) is 65.9 Å². The van der Waals surface area contributed by atoms with E-state index in [1.807, 2.05) is 0 Å². The van der Waals surface area contributed by atoms with Gasteiger partial charge in [0.05, 0.1) is 5.56 Å². The fourth-order valence-corrected chi connectivity index (χ4v) is 2.43. The molecule has 0 saturated heterocycles. The summed E-state index contributed by atoms with van der Waals surface area (Å²) in [6, 6.07) is -2.48. The number of benzene rings is 1.